The number of ether oxygens (including phenoxy) is 1. The molecule has 4 rings (SSSR count). The Hall–Kier alpha value is -1.23. The lowest BCUT2D eigenvalue weighted by atomic mass is 9.97. The maximum absolute atomic E-state index is 5.87. The van der Waals surface area contributed by atoms with Gasteiger partial charge in [-0.05, 0) is 53.3 Å². The van der Waals surface area contributed by atoms with Crippen LogP contribution in [0.1, 0.15) is 34.4 Å². The van der Waals surface area contributed by atoms with Gasteiger partial charge in [-0.15, -0.1) is 11.3 Å². The quantitative estimate of drug-likeness (QED) is 0.814. The van der Waals surface area contributed by atoms with E-state index >= 15 is 0 Å². The van der Waals surface area contributed by atoms with Crippen molar-refractivity contribution in [1.82, 2.24) is 9.88 Å². The molecule has 1 aliphatic carbocycles. The molecule has 0 saturated heterocycles. The van der Waals surface area contributed by atoms with E-state index in [1.54, 1.807) is 0 Å². The fourth-order valence-electron chi connectivity index (χ4n) is 3.13. The fourth-order valence-corrected chi connectivity index (χ4v) is 3.88. The lowest BCUT2D eigenvalue weighted by molar-refractivity contribution is 0.110. The van der Waals surface area contributed by atoms with Gasteiger partial charge < -0.3 is 4.74 Å². The van der Waals surface area contributed by atoms with Crippen LogP contribution in [0.2, 0.25) is 0 Å². The highest BCUT2D eigenvalue weighted by molar-refractivity contribution is 7.09. The molecule has 116 valence electrons. The largest absolute Gasteiger partial charge is 0.376 e. The molecule has 0 bridgehead atoms. The van der Waals surface area contributed by atoms with Crippen molar-refractivity contribution < 1.29 is 4.74 Å². The minimum absolute atomic E-state index is 0.734. The molecule has 1 fully saturated rings. The number of fused-ring (bicyclic) bond motifs is 1. The molecule has 0 radical (unpaired) electrons. The number of rotatable bonds is 6. The molecule has 0 amide bonds. The molecule has 0 aromatic carbocycles. The first kappa shape index (κ1) is 14.4. The fraction of sp³-hybridized carbons (Fsp3) is 0.500. The van der Waals surface area contributed by atoms with Gasteiger partial charge >= 0.3 is 0 Å². The van der Waals surface area contributed by atoms with Gasteiger partial charge in [-0.2, -0.15) is 0 Å². The van der Waals surface area contributed by atoms with E-state index in [0.717, 1.165) is 45.2 Å². The highest BCUT2D eigenvalue weighted by atomic mass is 32.1. The van der Waals surface area contributed by atoms with Gasteiger partial charge in [0.05, 0.1) is 6.61 Å². The molecule has 0 atom stereocenters. The Kier molecular flexibility index (Phi) is 4.24. The third kappa shape index (κ3) is 3.40. The molecular weight excluding hydrogens is 292 g/mol. The van der Waals surface area contributed by atoms with Gasteiger partial charge in [-0.3, -0.25) is 9.88 Å². The number of hydrogen-bond acceptors (Lipinski definition) is 4. The first-order valence-electron chi connectivity index (χ1n) is 8.15. The number of thiophene rings is 1. The summed E-state index contributed by atoms with van der Waals surface area (Å²) in [6.07, 6.45) is 7.86. The van der Waals surface area contributed by atoms with Crippen LogP contribution in [-0.2, 0) is 30.9 Å². The molecule has 3 nitrogen and oxygen atoms in total. The highest BCUT2D eigenvalue weighted by Crippen LogP contribution is 2.30. The second-order valence-electron chi connectivity index (χ2n) is 6.43. The van der Waals surface area contributed by atoms with Crippen molar-refractivity contribution in [1.29, 1.82) is 0 Å². The average Bonchev–Trinajstić information content (AvgIpc) is 3.22. The van der Waals surface area contributed by atoms with E-state index in [4.69, 9.17) is 4.74 Å². The van der Waals surface area contributed by atoms with Gasteiger partial charge in [0.2, 0.25) is 0 Å². The first-order valence-corrected chi connectivity index (χ1v) is 9.03. The van der Waals surface area contributed by atoms with Crippen LogP contribution in [0.4, 0.5) is 0 Å². The third-order valence-corrected chi connectivity index (χ3v) is 5.44. The van der Waals surface area contributed by atoms with Crippen LogP contribution in [0, 0.1) is 5.92 Å². The van der Waals surface area contributed by atoms with E-state index in [9.17, 15) is 0 Å². The molecule has 2 aromatic rings. The van der Waals surface area contributed by atoms with Crippen molar-refractivity contribution in [2.24, 2.45) is 5.92 Å². The predicted molar refractivity (Wildman–Crippen MR) is 88.8 cm³/mol. The summed E-state index contributed by atoms with van der Waals surface area (Å²) in [4.78, 5) is 8.40. The van der Waals surface area contributed by atoms with E-state index in [1.165, 1.54) is 34.4 Å². The van der Waals surface area contributed by atoms with Crippen molar-refractivity contribution in [3.05, 3.63) is 51.5 Å². The Morgan fingerprint density at radius 3 is 3.09 bits per heavy atom. The minimum atomic E-state index is 0.734. The molecule has 1 saturated carbocycles. The predicted octanol–water partition coefficient (Wildman–Crippen LogP) is 3.63. The van der Waals surface area contributed by atoms with Crippen LogP contribution < -0.4 is 0 Å². The summed E-state index contributed by atoms with van der Waals surface area (Å²) in [7, 11) is 0. The first-order chi connectivity index (χ1) is 10.9. The highest BCUT2D eigenvalue weighted by Gasteiger charge is 2.22. The Balaban J connectivity index is 1.41. The Labute approximate surface area is 135 Å². The number of nitrogens with zero attached hydrogens (tertiary/aromatic N) is 2. The molecule has 1 aliphatic heterocycles. The standard InChI is InChI=1S/C18H22N2OS/c1-2-17(22-7-1)11-20-6-5-18-15(10-20)8-19-9-16(18)13-21-12-14-3-4-14/h1-2,7-9,14H,3-6,10-13H2. The summed E-state index contributed by atoms with van der Waals surface area (Å²) in [5.74, 6) is 0.828. The van der Waals surface area contributed by atoms with Gasteiger partial charge in [-0.25, -0.2) is 0 Å². The van der Waals surface area contributed by atoms with Gasteiger partial charge in [0, 0.05) is 43.5 Å². The van der Waals surface area contributed by atoms with Crippen LogP contribution >= 0.6 is 11.3 Å². The van der Waals surface area contributed by atoms with Crippen molar-refractivity contribution in [2.75, 3.05) is 13.2 Å². The average molecular weight is 314 g/mol. The molecule has 4 heteroatoms. The lowest BCUT2D eigenvalue weighted by Gasteiger charge is -2.29. The molecule has 0 spiro atoms. The molecule has 2 aromatic heterocycles. The van der Waals surface area contributed by atoms with E-state index in [-0.39, 0.29) is 0 Å². The molecule has 22 heavy (non-hydrogen) atoms. The van der Waals surface area contributed by atoms with Crippen molar-refractivity contribution in [3.8, 4) is 0 Å². The second-order valence-corrected chi connectivity index (χ2v) is 7.47. The smallest absolute Gasteiger partial charge is 0.0734 e. The third-order valence-electron chi connectivity index (χ3n) is 4.58. The van der Waals surface area contributed by atoms with E-state index in [1.807, 2.05) is 23.7 Å². The van der Waals surface area contributed by atoms with Gasteiger partial charge in [0.25, 0.3) is 0 Å². The summed E-state index contributed by atoms with van der Waals surface area (Å²) in [5, 5.41) is 2.16. The zero-order chi connectivity index (χ0) is 14.8. The van der Waals surface area contributed by atoms with Crippen LogP contribution in [0.25, 0.3) is 0 Å². The second kappa shape index (κ2) is 6.49. The van der Waals surface area contributed by atoms with Gasteiger partial charge in [-0.1, -0.05) is 6.07 Å². The Morgan fingerprint density at radius 1 is 1.32 bits per heavy atom. The topological polar surface area (TPSA) is 25.4 Å². The molecule has 3 heterocycles. The Bertz CT molecular complexity index is 622. The van der Waals surface area contributed by atoms with Crippen LogP contribution in [-0.4, -0.2) is 23.0 Å². The SMILES string of the molecule is c1csc(CN2CCc3c(COCC4CC4)cncc3C2)c1. The maximum atomic E-state index is 5.87. The number of pyridine rings is 1. The van der Waals surface area contributed by atoms with Crippen LogP contribution in [0.15, 0.2) is 29.9 Å². The Morgan fingerprint density at radius 2 is 2.27 bits per heavy atom. The lowest BCUT2D eigenvalue weighted by Crippen LogP contribution is -2.30. The monoisotopic (exact) mass is 314 g/mol. The summed E-state index contributed by atoms with van der Waals surface area (Å²) >= 11 is 1.84. The van der Waals surface area contributed by atoms with E-state index in [0.29, 0.717) is 0 Å². The maximum Gasteiger partial charge on any atom is 0.0734 e. The molecule has 2 aliphatic rings. The van der Waals surface area contributed by atoms with Gasteiger partial charge in [0.1, 0.15) is 0 Å². The van der Waals surface area contributed by atoms with E-state index < -0.39 is 0 Å². The molecular formula is C18H22N2OS. The number of hydrogen-bond donors (Lipinski definition) is 0. The zero-order valence-electron chi connectivity index (χ0n) is 12.8. The van der Waals surface area contributed by atoms with Crippen molar-refractivity contribution in [3.63, 3.8) is 0 Å². The van der Waals surface area contributed by atoms with Crippen molar-refractivity contribution >= 4 is 11.3 Å². The van der Waals surface area contributed by atoms with Gasteiger partial charge in [0.15, 0.2) is 0 Å². The van der Waals surface area contributed by atoms with Crippen molar-refractivity contribution in [2.45, 2.75) is 39.0 Å². The van der Waals surface area contributed by atoms with E-state index in [2.05, 4.69) is 27.4 Å². The summed E-state index contributed by atoms with van der Waals surface area (Å²) in [6.45, 7) is 4.85. The molecule has 0 unspecified atom stereocenters. The van der Waals surface area contributed by atoms with Crippen LogP contribution in [0.5, 0.6) is 0 Å². The minimum Gasteiger partial charge on any atom is -0.376 e. The summed E-state index contributed by atoms with van der Waals surface area (Å²) < 4.78 is 5.87. The number of aromatic nitrogens is 1. The molecule has 0 N–H and O–H groups in total. The summed E-state index contributed by atoms with van der Waals surface area (Å²) in [6, 6.07) is 4.36. The zero-order valence-corrected chi connectivity index (χ0v) is 13.6. The van der Waals surface area contributed by atoms with Crippen LogP contribution in [0.3, 0.4) is 0 Å². The normalized spacial score (nSPS) is 18.4. The summed E-state index contributed by atoms with van der Waals surface area (Å²) in [5.41, 5.74) is 4.16.